The summed E-state index contributed by atoms with van der Waals surface area (Å²) >= 11 is 0. The van der Waals surface area contributed by atoms with Crippen molar-refractivity contribution in [3.63, 3.8) is 0 Å². The number of carbonyl (C=O) groups is 1. The summed E-state index contributed by atoms with van der Waals surface area (Å²) in [6.07, 6.45) is -17.5. The SMILES string of the molecule is CCS(=O)(=O)c1cc(C(F)(F)F)cnc1-c1nc2cc(C(F)(F)F)ncc2n1C.CCS(=O)(=O)c1cc(C(F)(F)F)cnc1C(=O)Cc1cc(C(F)(F)F)ncc1NC. The van der Waals surface area contributed by atoms with E-state index in [-0.39, 0.29) is 28.1 Å². The Hall–Kier alpha value is -5.40. The van der Waals surface area contributed by atoms with Crippen molar-refractivity contribution in [2.45, 2.75) is 54.8 Å². The summed E-state index contributed by atoms with van der Waals surface area (Å²) in [5, 5.41) is 2.55. The van der Waals surface area contributed by atoms with Gasteiger partial charge in [0.05, 0.1) is 61.5 Å². The number of anilines is 1. The molecule has 59 heavy (non-hydrogen) atoms. The molecule has 0 spiro atoms. The number of fused-ring (bicyclic) bond motifs is 1. The predicted molar refractivity (Wildman–Crippen MR) is 183 cm³/mol. The largest absolute Gasteiger partial charge is 0.433 e. The number of hydrogen-bond donors (Lipinski definition) is 1. The van der Waals surface area contributed by atoms with E-state index in [1.54, 1.807) is 0 Å². The average Bonchev–Trinajstić information content (AvgIpc) is 3.48. The minimum absolute atomic E-state index is 0.0585. The second-order valence-corrected chi connectivity index (χ2v) is 16.6. The molecule has 0 aliphatic carbocycles. The molecule has 26 heteroatoms. The summed E-state index contributed by atoms with van der Waals surface area (Å²) in [4.78, 5) is 28.5. The lowest BCUT2D eigenvalue weighted by Crippen LogP contribution is -2.18. The van der Waals surface area contributed by atoms with Crippen LogP contribution in [0.3, 0.4) is 0 Å². The smallest absolute Gasteiger partial charge is 0.387 e. The molecule has 0 saturated carbocycles. The highest BCUT2D eigenvalue weighted by Crippen LogP contribution is 2.37. The summed E-state index contributed by atoms with van der Waals surface area (Å²) in [5.41, 5.74) is -6.47. The first-order valence-corrected chi connectivity index (χ1v) is 19.5. The second-order valence-electron chi connectivity index (χ2n) is 12.1. The zero-order valence-corrected chi connectivity index (χ0v) is 31.9. The zero-order valence-electron chi connectivity index (χ0n) is 30.3. The third-order valence-electron chi connectivity index (χ3n) is 8.22. The summed E-state index contributed by atoms with van der Waals surface area (Å²) in [6.45, 7) is 2.41. The van der Waals surface area contributed by atoms with Gasteiger partial charge in [0.2, 0.25) is 0 Å². The first kappa shape index (κ1) is 46.3. The average molecular weight is 894 g/mol. The molecule has 0 aliphatic heterocycles. The van der Waals surface area contributed by atoms with Crippen LogP contribution >= 0.6 is 0 Å². The van der Waals surface area contributed by atoms with Gasteiger partial charge in [-0.1, -0.05) is 13.8 Å². The molecular formula is C33H27F12N7O5S2. The molecule has 12 nitrogen and oxygen atoms in total. The third-order valence-corrected chi connectivity index (χ3v) is 11.7. The Morgan fingerprint density at radius 3 is 1.66 bits per heavy atom. The van der Waals surface area contributed by atoms with Crippen molar-refractivity contribution in [3.05, 3.63) is 82.8 Å². The number of carbonyl (C=O) groups excluding carboxylic acids is 1. The van der Waals surface area contributed by atoms with Crippen molar-refractivity contribution in [2.75, 3.05) is 23.9 Å². The highest BCUT2D eigenvalue weighted by molar-refractivity contribution is 7.91. The van der Waals surface area contributed by atoms with Crippen molar-refractivity contribution < 1.29 is 74.3 Å². The molecule has 0 radical (unpaired) electrons. The van der Waals surface area contributed by atoms with Gasteiger partial charge in [0.1, 0.15) is 22.8 Å². The summed E-state index contributed by atoms with van der Waals surface area (Å²) in [7, 11) is -5.72. The minimum Gasteiger partial charge on any atom is -0.387 e. The Labute approximate surface area is 325 Å². The van der Waals surface area contributed by atoms with Crippen molar-refractivity contribution in [3.8, 4) is 11.5 Å². The van der Waals surface area contributed by atoms with Crippen molar-refractivity contribution in [1.82, 2.24) is 29.5 Å². The fraction of sp³-hybridized carbons (Fsp3) is 0.333. The van der Waals surface area contributed by atoms with Gasteiger partial charge in [0.25, 0.3) is 0 Å². The molecule has 0 aliphatic rings. The van der Waals surface area contributed by atoms with Crippen LogP contribution in [0.1, 0.15) is 52.4 Å². The van der Waals surface area contributed by atoms with Crippen LogP contribution in [0.25, 0.3) is 22.6 Å². The normalized spacial score (nSPS) is 12.9. The van der Waals surface area contributed by atoms with E-state index in [1.807, 2.05) is 0 Å². The van der Waals surface area contributed by atoms with E-state index in [1.165, 1.54) is 32.5 Å². The van der Waals surface area contributed by atoms with Gasteiger partial charge in [0, 0.05) is 32.9 Å². The van der Waals surface area contributed by atoms with E-state index < -0.39 is 112 Å². The molecule has 0 fully saturated rings. The van der Waals surface area contributed by atoms with Crippen LogP contribution in [0, 0.1) is 0 Å². The highest BCUT2D eigenvalue weighted by atomic mass is 32.2. The summed E-state index contributed by atoms with van der Waals surface area (Å²) in [6, 6.07) is 2.00. The Morgan fingerprint density at radius 2 is 1.15 bits per heavy atom. The van der Waals surface area contributed by atoms with Gasteiger partial charge in [-0.15, -0.1) is 0 Å². The zero-order chi connectivity index (χ0) is 44.7. The standard InChI is InChI=1S/C17H15F6N3O3S.C16H12F6N4O2S/c1-3-30(28,29)13-6-10(16(18,19)20)7-26-15(13)12(27)4-9-5-14(17(21,22)23)25-8-11(9)24-2;1-3-29(27,28)11-4-8(15(17,18)19)6-24-13(11)14-25-9-5-12(16(20,21)22)23-7-10(9)26(14)2/h5-8,24H,3-4H2,1-2H3;4-7H,3H2,1-2H3. The van der Waals surface area contributed by atoms with E-state index in [9.17, 15) is 74.3 Å². The van der Waals surface area contributed by atoms with Crippen LogP contribution in [-0.2, 0) is 57.8 Å². The van der Waals surface area contributed by atoms with E-state index in [0.717, 1.165) is 12.4 Å². The van der Waals surface area contributed by atoms with Gasteiger partial charge in [-0.2, -0.15) is 52.7 Å². The van der Waals surface area contributed by atoms with Gasteiger partial charge in [0.15, 0.2) is 31.3 Å². The number of ketones is 1. The van der Waals surface area contributed by atoms with Crippen LogP contribution in [0.4, 0.5) is 58.4 Å². The molecule has 5 heterocycles. The maximum absolute atomic E-state index is 13.0. The van der Waals surface area contributed by atoms with E-state index in [0.29, 0.717) is 36.7 Å². The van der Waals surface area contributed by atoms with Crippen molar-refractivity contribution >= 4 is 42.2 Å². The maximum atomic E-state index is 13.0. The highest BCUT2D eigenvalue weighted by Gasteiger charge is 2.37. The Morgan fingerprint density at radius 1 is 0.661 bits per heavy atom. The molecule has 5 aromatic heterocycles. The Kier molecular flexibility index (Phi) is 12.8. The third kappa shape index (κ3) is 10.3. The minimum atomic E-state index is -4.90. The number of pyridine rings is 4. The number of hydrogen-bond acceptors (Lipinski definition) is 11. The number of aromatic nitrogens is 6. The molecule has 0 unspecified atom stereocenters. The first-order chi connectivity index (χ1) is 27.0. The Bertz CT molecular complexity index is 2620. The number of nitrogens with zero attached hydrogens (tertiary/aromatic N) is 6. The van der Waals surface area contributed by atoms with Gasteiger partial charge in [-0.3, -0.25) is 14.8 Å². The molecule has 5 aromatic rings. The molecule has 5 rings (SSSR count). The van der Waals surface area contributed by atoms with E-state index >= 15 is 0 Å². The number of imidazole rings is 1. The maximum Gasteiger partial charge on any atom is 0.433 e. The topological polar surface area (TPSA) is 167 Å². The van der Waals surface area contributed by atoms with Crippen LogP contribution in [0.5, 0.6) is 0 Å². The van der Waals surface area contributed by atoms with Gasteiger partial charge < -0.3 is 9.88 Å². The molecule has 0 bridgehead atoms. The van der Waals surface area contributed by atoms with Gasteiger partial charge in [-0.05, 0) is 29.8 Å². The molecule has 320 valence electrons. The fourth-order valence-corrected chi connectivity index (χ4v) is 7.23. The summed E-state index contributed by atoms with van der Waals surface area (Å²) < 4.78 is 206. The van der Waals surface area contributed by atoms with Crippen LogP contribution in [0.15, 0.2) is 58.8 Å². The number of halogens is 12. The fourth-order valence-electron chi connectivity index (χ4n) is 5.10. The van der Waals surface area contributed by atoms with Crippen LogP contribution in [0.2, 0.25) is 0 Å². The number of alkyl halides is 12. The van der Waals surface area contributed by atoms with E-state index in [2.05, 4.69) is 30.2 Å². The monoisotopic (exact) mass is 893 g/mol. The number of nitrogens with one attached hydrogen (secondary N) is 1. The molecule has 0 atom stereocenters. The lowest BCUT2D eigenvalue weighted by atomic mass is 10.0. The molecular weight excluding hydrogens is 867 g/mol. The number of rotatable bonds is 9. The van der Waals surface area contributed by atoms with Crippen LogP contribution < -0.4 is 5.32 Å². The molecule has 0 aromatic carbocycles. The lowest BCUT2D eigenvalue weighted by molar-refractivity contribution is -0.141. The van der Waals surface area contributed by atoms with Crippen LogP contribution in [-0.4, -0.2) is 70.7 Å². The molecule has 1 N–H and O–H groups in total. The lowest BCUT2D eigenvalue weighted by Gasteiger charge is -2.14. The van der Waals surface area contributed by atoms with E-state index in [4.69, 9.17) is 0 Å². The quantitative estimate of drug-likeness (QED) is 0.114. The molecule has 0 saturated heterocycles. The first-order valence-electron chi connectivity index (χ1n) is 16.2. The van der Waals surface area contributed by atoms with Crippen molar-refractivity contribution in [1.29, 1.82) is 0 Å². The molecule has 0 amide bonds. The van der Waals surface area contributed by atoms with Gasteiger partial charge in [-0.25, -0.2) is 31.8 Å². The number of aryl methyl sites for hydroxylation is 1. The van der Waals surface area contributed by atoms with Crippen molar-refractivity contribution in [2.24, 2.45) is 7.05 Å². The number of sulfone groups is 2. The second kappa shape index (κ2) is 16.3. The number of Topliss-reactive ketones (excluding diaryl/α,β-unsaturated/α-hetero) is 1. The predicted octanol–water partition coefficient (Wildman–Crippen LogP) is 7.64. The van der Waals surface area contributed by atoms with Gasteiger partial charge >= 0.3 is 24.7 Å². The Balaban J connectivity index is 0.000000261. The summed E-state index contributed by atoms with van der Waals surface area (Å²) in [5.74, 6) is -2.38.